The molecule has 1 aromatic heterocycles. The second-order valence-electron chi connectivity index (χ2n) is 7.31. The summed E-state index contributed by atoms with van der Waals surface area (Å²) in [6.45, 7) is 8.50. The lowest BCUT2D eigenvalue weighted by Gasteiger charge is -2.41. The molecule has 8 heteroatoms. The predicted molar refractivity (Wildman–Crippen MR) is 108 cm³/mol. The minimum absolute atomic E-state index is 0.0327. The maximum Gasteiger partial charge on any atom is 0.283 e. The highest BCUT2D eigenvalue weighted by Gasteiger charge is 2.38. The third-order valence-electron chi connectivity index (χ3n) is 5.10. The van der Waals surface area contributed by atoms with Crippen LogP contribution in [0.25, 0.3) is 11.4 Å². The van der Waals surface area contributed by atoms with Gasteiger partial charge in [0.1, 0.15) is 5.60 Å². The molecule has 1 amide bonds. The van der Waals surface area contributed by atoms with Gasteiger partial charge in [0, 0.05) is 5.56 Å². The van der Waals surface area contributed by atoms with E-state index in [-0.39, 0.29) is 5.75 Å². The van der Waals surface area contributed by atoms with Crippen molar-refractivity contribution in [1.29, 1.82) is 0 Å². The first-order valence-electron chi connectivity index (χ1n) is 9.26. The van der Waals surface area contributed by atoms with Crippen LogP contribution in [0.1, 0.15) is 46.2 Å². The van der Waals surface area contributed by atoms with Crippen LogP contribution in [0, 0.1) is 0 Å². The molecule has 2 aromatic rings. The van der Waals surface area contributed by atoms with Crippen LogP contribution in [-0.2, 0) is 9.63 Å². The number of rotatable bonds is 7. The molecule has 2 rings (SSSR count). The third-order valence-corrected chi connectivity index (χ3v) is 5.10. The van der Waals surface area contributed by atoms with Crippen LogP contribution in [0.15, 0.2) is 48.6 Å². The van der Waals surface area contributed by atoms with Crippen molar-refractivity contribution in [3.05, 3.63) is 54.1 Å². The summed E-state index contributed by atoms with van der Waals surface area (Å²) in [5.74, 6) is 4.21. The average Bonchev–Trinajstić information content (AvgIpc) is 2.73. The van der Waals surface area contributed by atoms with E-state index in [9.17, 15) is 14.3 Å². The Morgan fingerprint density at radius 2 is 1.93 bits per heavy atom. The summed E-state index contributed by atoms with van der Waals surface area (Å²) in [4.78, 5) is 27.5. The first-order valence-corrected chi connectivity index (χ1v) is 9.26. The van der Waals surface area contributed by atoms with Gasteiger partial charge in [0.05, 0.1) is 24.5 Å². The van der Waals surface area contributed by atoms with Gasteiger partial charge in [-0.1, -0.05) is 18.2 Å². The van der Waals surface area contributed by atoms with Gasteiger partial charge < -0.3 is 10.0 Å². The van der Waals surface area contributed by atoms with Gasteiger partial charge >= 0.3 is 0 Å². The van der Waals surface area contributed by atoms with Gasteiger partial charge in [0.25, 0.3) is 5.91 Å². The molecule has 0 saturated heterocycles. The summed E-state index contributed by atoms with van der Waals surface area (Å²) in [6, 6.07) is 6.27. The molecule has 156 valence electrons. The lowest BCUT2D eigenvalue weighted by atomic mass is 9.94. The number of hydrogen-bond acceptors (Lipinski definition) is 6. The molecule has 7 nitrogen and oxygen atoms in total. The fourth-order valence-electron chi connectivity index (χ4n) is 2.94. The highest BCUT2D eigenvalue weighted by molar-refractivity contribution is 5.91. The molecule has 3 N–H and O–H groups in total. The molecular formula is C21H27FN4O3. The number of amides is 1. The van der Waals surface area contributed by atoms with Crippen molar-refractivity contribution in [3.63, 3.8) is 0 Å². The van der Waals surface area contributed by atoms with Crippen LogP contribution in [0.5, 0.6) is 5.75 Å². The Labute approximate surface area is 170 Å². The van der Waals surface area contributed by atoms with E-state index in [1.807, 2.05) is 18.2 Å². The maximum atomic E-state index is 14.2. The zero-order valence-electron chi connectivity index (χ0n) is 17.3. The van der Waals surface area contributed by atoms with Gasteiger partial charge in [0.2, 0.25) is 0 Å². The van der Waals surface area contributed by atoms with Gasteiger partial charge in [-0.25, -0.2) is 20.3 Å². The lowest BCUT2D eigenvalue weighted by Crippen LogP contribution is -2.53. The normalized spacial score (nSPS) is 14.4. The standard InChI is InChI=1S/C21H27FN4O3/c1-6-18(22)20(28)26(14(3)21(4,5)29-23)13(2)15-8-7-9-16(10-15)19-24-11-17(27)12-25-19/h6-14,27H,23H2,1-5H3/b18-6+/t13?,14-/m0/s1. The molecule has 0 fully saturated rings. The van der Waals surface area contributed by atoms with Crippen LogP contribution < -0.4 is 5.90 Å². The zero-order chi connectivity index (χ0) is 21.8. The van der Waals surface area contributed by atoms with Crippen molar-refractivity contribution < 1.29 is 19.1 Å². The SMILES string of the molecule is C/C=C(/F)C(=O)N(C(C)c1cccc(-c2ncc(O)cn2)c1)[C@@H](C)C(C)(C)ON. The smallest absolute Gasteiger partial charge is 0.283 e. The first kappa shape index (κ1) is 22.4. The second kappa shape index (κ2) is 9.11. The largest absolute Gasteiger partial charge is 0.505 e. The average molecular weight is 402 g/mol. The summed E-state index contributed by atoms with van der Waals surface area (Å²) in [5, 5.41) is 9.38. The maximum absolute atomic E-state index is 14.2. The van der Waals surface area contributed by atoms with E-state index >= 15 is 0 Å². The second-order valence-corrected chi connectivity index (χ2v) is 7.31. The van der Waals surface area contributed by atoms with Crippen LogP contribution in [0.2, 0.25) is 0 Å². The zero-order valence-corrected chi connectivity index (χ0v) is 17.3. The van der Waals surface area contributed by atoms with E-state index in [2.05, 4.69) is 9.97 Å². The Balaban J connectivity index is 2.48. The molecule has 2 atom stereocenters. The first-order chi connectivity index (χ1) is 13.6. The third kappa shape index (κ3) is 4.96. The number of nitrogens with zero attached hydrogens (tertiary/aromatic N) is 3. The van der Waals surface area contributed by atoms with Crippen molar-refractivity contribution in [2.24, 2.45) is 5.90 Å². The van der Waals surface area contributed by atoms with Gasteiger partial charge in [-0.2, -0.15) is 0 Å². The molecule has 0 spiro atoms. The number of hydrogen-bond donors (Lipinski definition) is 2. The minimum Gasteiger partial charge on any atom is -0.505 e. The van der Waals surface area contributed by atoms with Crippen molar-refractivity contribution >= 4 is 5.91 Å². The molecule has 1 aromatic carbocycles. The number of nitrogens with two attached hydrogens (primary N) is 1. The number of aromatic nitrogens is 2. The van der Waals surface area contributed by atoms with Crippen LogP contribution in [0.3, 0.4) is 0 Å². The highest BCUT2D eigenvalue weighted by Crippen LogP contribution is 2.31. The van der Waals surface area contributed by atoms with Crippen molar-refractivity contribution in [2.75, 3.05) is 0 Å². The summed E-state index contributed by atoms with van der Waals surface area (Å²) in [6.07, 6.45) is 3.74. The molecule has 0 bridgehead atoms. The summed E-state index contributed by atoms with van der Waals surface area (Å²) in [7, 11) is 0. The number of allylic oxidation sites excluding steroid dienone is 1. The Morgan fingerprint density at radius 3 is 2.48 bits per heavy atom. The number of benzene rings is 1. The van der Waals surface area contributed by atoms with Crippen molar-refractivity contribution in [1.82, 2.24) is 14.9 Å². The summed E-state index contributed by atoms with van der Waals surface area (Å²) >= 11 is 0. The molecule has 1 unspecified atom stereocenters. The van der Waals surface area contributed by atoms with Gasteiger partial charge in [0.15, 0.2) is 17.4 Å². The molecule has 0 saturated carbocycles. The molecule has 1 heterocycles. The Hall–Kier alpha value is -2.84. The Kier molecular flexibility index (Phi) is 7.05. The Bertz CT molecular complexity index is 884. The fourth-order valence-corrected chi connectivity index (χ4v) is 2.94. The quantitative estimate of drug-likeness (QED) is 0.541. The molecule has 0 aliphatic heterocycles. The number of carbonyl (C=O) groups excluding carboxylic acids is 1. The monoisotopic (exact) mass is 402 g/mol. The fraction of sp³-hybridized carbons (Fsp3) is 0.381. The molecule has 0 radical (unpaired) electrons. The number of halogens is 1. The Morgan fingerprint density at radius 1 is 1.31 bits per heavy atom. The van der Waals surface area contributed by atoms with Gasteiger partial charge in [-0.05, 0) is 52.3 Å². The van der Waals surface area contributed by atoms with Crippen LogP contribution >= 0.6 is 0 Å². The number of carbonyl (C=O) groups is 1. The van der Waals surface area contributed by atoms with E-state index in [4.69, 9.17) is 10.7 Å². The van der Waals surface area contributed by atoms with Crippen LogP contribution in [-0.4, -0.2) is 37.5 Å². The molecule has 29 heavy (non-hydrogen) atoms. The number of aromatic hydroxyl groups is 1. The van der Waals surface area contributed by atoms with E-state index < -0.39 is 29.4 Å². The van der Waals surface area contributed by atoms with E-state index in [0.717, 1.165) is 11.6 Å². The minimum atomic E-state index is -0.907. The van der Waals surface area contributed by atoms with Crippen molar-refractivity contribution in [2.45, 2.75) is 52.3 Å². The predicted octanol–water partition coefficient (Wildman–Crippen LogP) is 3.67. The van der Waals surface area contributed by atoms with Gasteiger partial charge in [-0.3, -0.25) is 9.63 Å². The summed E-state index contributed by atoms with van der Waals surface area (Å²) in [5.41, 5.74) is 0.557. The topological polar surface area (TPSA) is 102 Å². The molecule has 0 aliphatic rings. The van der Waals surface area contributed by atoms with E-state index in [0.29, 0.717) is 11.4 Å². The van der Waals surface area contributed by atoms with Gasteiger partial charge in [-0.15, -0.1) is 0 Å². The highest BCUT2D eigenvalue weighted by atomic mass is 19.1. The molecular weight excluding hydrogens is 375 g/mol. The van der Waals surface area contributed by atoms with Crippen molar-refractivity contribution in [3.8, 4) is 17.1 Å². The van der Waals surface area contributed by atoms with Crippen LogP contribution in [0.4, 0.5) is 4.39 Å². The lowest BCUT2D eigenvalue weighted by molar-refractivity contribution is -0.144. The molecule has 0 aliphatic carbocycles. The van der Waals surface area contributed by atoms with E-state index in [1.165, 1.54) is 24.2 Å². The summed E-state index contributed by atoms with van der Waals surface area (Å²) < 4.78 is 14.2. The van der Waals surface area contributed by atoms with E-state index in [1.54, 1.807) is 33.8 Å².